The van der Waals surface area contributed by atoms with Crippen LogP contribution in [-0.4, -0.2) is 51.1 Å². The number of amides is 1. The number of ether oxygens (including phenoxy) is 1. The largest absolute Gasteiger partial charge is 0.445 e. The summed E-state index contributed by atoms with van der Waals surface area (Å²) in [4.78, 5) is 20.0. The van der Waals surface area contributed by atoms with Crippen molar-refractivity contribution in [3.63, 3.8) is 0 Å². The van der Waals surface area contributed by atoms with E-state index in [1.165, 1.54) is 31.9 Å². The van der Waals surface area contributed by atoms with E-state index in [1.54, 1.807) is 6.20 Å². The number of aromatic nitrogens is 2. The Labute approximate surface area is 231 Å². The number of carbonyl (C=O) groups excluding carboxylic acids is 1. The average Bonchev–Trinajstić information content (AvgIpc) is 3.29. The highest BCUT2D eigenvalue weighted by atomic mass is 16.5. The normalized spacial score (nSPS) is 21.1. The molecule has 8 heteroatoms. The van der Waals surface area contributed by atoms with Crippen molar-refractivity contribution in [2.24, 2.45) is 17.0 Å². The Hall–Kier alpha value is -3.39. The first kappa shape index (κ1) is 27.2. The van der Waals surface area contributed by atoms with E-state index in [2.05, 4.69) is 33.8 Å². The van der Waals surface area contributed by atoms with Crippen LogP contribution in [0.2, 0.25) is 0 Å². The second-order valence-corrected chi connectivity index (χ2v) is 11.3. The molecule has 2 aromatic heterocycles. The van der Waals surface area contributed by atoms with Crippen molar-refractivity contribution in [2.45, 2.75) is 77.6 Å². The molecule has 5 rings (SSSR count). The third-order valence-electron chi connectivity index (χ3n) is 8.77. The highest BCUT2D eigenvalue weighted by Crippen LogP contribution is 2.36. The molecule has 1 aliphatic carbocycles. The molecule has 1 aliphatic heterocycles. The smallest absolute Gasteiger partial charge is 0.407 e. The minimum absolute atomic E-state index is 0.208. The summed E-state index contributed by atoms with van der Waals surface area (Å²) in [6.07, 6.45) is 10.1. The summed E-state index contributed by atoms with van der Waals surface area (Å²) in [5, 5.41) is 16.6. The zero-order valence-electron chi connectivity index (χ0n) is 23.1. The number of nitrogens with zero attached hydrogens (tertiary/aromatic N) is 4. The zero-order chi connectivity index (χ0) is 27.2. The van der Waals surface area contributed by atoms with Gasteiger partial charge in [0.1, 0.15) is 12.3 Å². The molecule has 39 heavy (non-hydrogen) atoms. The van der Waals surface area contributed by atoms with Crippen LogP contribution in [0.5, 0.6) is 0 Å². The van der Waals surface area contributed by atoms with Gasteiger partial charge < -0.3 is 24.7 Å². The van der Waals surface area contributed by atoms with Crippen LogP contribution >= 0.6 is 0 Å². The van der Waals surface area contributed by atoms with Gasteiger partial charge in [0, 0.05) is 48.0 Å². The number of alkyl carbamates (subject to hydrolysis) is 1. The minimum atomic E-state index is -0.484. The Bertz CT molecular complexity index is 1260. The van der Waals surface area contributed by atoms with Crippen LogP contribution in [-0.2, 0) is 17.9 Å². The molecule has 0 radical (unpaired) electrons. The first-order valence-corrected chi connectivity index (χ1v) is 14.4. The van der Waals surface area contributed by atoms with Crippen LogP contribution in [0.3, 0.4) is 0 Å². The topological polar surface area (TPSA) is 92.0 Å². The molecule has 2 aliphatic rings. The second kappa shape index (κ2) is 12.6. The molecule has 208 valence electrons. The second-order valence-electron chi connectivity index (χ2n) is 11.3. The van der Waals surface area contributed by atoms with Crippen LogP contribution in [0.25, 0.3) is 11.0 Å². The summed E-state index contributed by atoms with van der Waals surface area (Å²) in [7, 11) is 0. The molecule has 1 amide bonds. The number of fused-ring (bicyclic) bond motifs is 1. The molecule has 1 saturated carbocycles. The van der Waals surface area contributed by atoms with Gasteiger partial charge in [-0.25, -0.2) is 9.78 Å². The van der Waals surface area contributed by atoms with Crippen LogP contribution in [0, 0.1) is 11.8 Å². The predicted octanol–water partition coefficient (Wildman–Crippen LogP) is 6.12. The summed E-state index contributed by atoms with van der Waals surface area (Å²) in [5.74, 6) is 1.66. The van der Waals surface area contributed by atoms with Gasteiger partial charge in [-0.05, 0) is 68.1 Å². The van der Waals surface area contributed by atoms with Crippen LogP contribution in [0.1, 0.15) is 75.2 Å². The molecule has 0 bridgehead atoms. The Morgan fingerprint density at radius 2 is 1.82 bits per heavy atom. The van der Waals surface area contributed by atoms with Crippen molar-refractivity contribution < 1.29 is 14.7 Å². The fraction of sp³-hybridized carbons (Fsp3) is 0.516. The van der Waals surface area contributed by atoms with E-state index < -0.39 is 6.09 Å². The lowest BCUT2D eigenvalue weighted by molar-refractivity contribution is 0.0887. The summed E-state index contributed by atoms with van der Waals surface area (Å²) >= 11 is 0. The third-order valence-corrected chi connectivity index (χ3v) is 8.77. The molecular weight excluding hydrogens is 490 g/mol. The van der Waals surface area contributed by atoms with E-state index in [1.807, 2.05) is 42.5 Å². The number of pyridine rings is 1. The van der Waals surface area contributed by atoms with Gasteiger partial charge in [-0.15, -0.1) is 0 Å². The number of hydrogen-bond donors (Lipinski definition) is 2. The first-order chi connectivity index (χ1) is 19.0. The Kier molecular flexibility index (Phi) is 8.81. The standard InChI is InChI=1S/C31H41N5O3/c1-22(2)24-10-12-25(13-11-24)35-17-14-26(15-18-35)36-29(28(19-34-38)27-9-6-16-32-30(27)36)20-33-31(37)39-21-23-7-4-3-5-8-23/h3-9,16,19,22,24-26,38H,10-15,17-18,20-21H2,1-2H3,(H,33,37). The molecule has 8 nitrogen and oxygen atoms in total. The molecule has 0 atom stereocenters. The Morgan fingerprint density at radius 1 is 1.08 bits per heavy atom. The molecule has 2 N–H and O–H groups in total. The molecule has 3 heterocycles. The monoisotopic (exact) mass is 531 g/mol. The van der Waals surface area contributed by atoms with Crippen molar-refractivity contribution in [1.29, 1.82) is 0 Å². The van der Waals surface area contributed by atoms with Crippen molar-refractivity contribution in [2.75, 3.05) is 13.1 Å². The van der Waals surface area contributed by atoms with E-state index in [-0.39, 0.29) is 19.2 Å². The molecular formula is C31H41N5O3. The van der Waals surface area contributed by atoms with Crippen molar-refractivity contribution in [1.82, 2.24) is 19.8 Å². The molecule has 1 saturated heterocycles. The fourth-order valence-electron chi connectivity index (χ4n) is 6.56. The summed E-state index contributed by atoms with van der Waals surface area (Å²) in [6, 6.07) is 14.5. The van der Waals surface area contributed by atoms with Gasteiger partial charge in [0.25, 0.3) is 0 Å². The SMILES string of the molecule is CC(C)C1CCC(N2CCC(n3c(CNC(=O)OCc4ccccc4)c(C=NO)c4cccnc43)CC2)CC1. The number of rotatable bonds is 8. The van der Waals surface area contributed by atoms with Gasteiger partial charge in [0.2, 0.25) is 0 Å². The van der Waals surface area contributed by atoms with Crippen LogP contribution in [0.4, 0.5) is 4.79 Å². The predicted molar refractivity (Wildman–Crippen MR) is 153 cm³/mol. The van der Waals surface area contributed by atoms with Gasteiger partial charge in [-0.3, -0.25) is 0 Å². The minimum Gasteiger partial charge on any atom is -0.445 e. The lowest BCUT2D eigenvalue weighted by Gasteiger charge is -2.42. The number of benzene rings is 1. The fourth-order valence-corrected chi connectivity index (χ4v) is 6.56. The van der Waals surface area contributed by atoms with Gasteiger partial charge in [-0.2, -0.15) is 0 Å². The molecule has 1 aromatic carbocycles. The van der Waals surface area contributed by atoms with Gasteiger partial charge in [0.15, 0.2) is 0 Å². The van der Waals surface area contributed by atoms with Crippen LogP contribution in [0.15, 0.2) is 53.8 Å². The Morgan fingerprint density at radius 3 is 2.51 bits per heavy atom. The molecule has 0 unspecified atom stereocenters. The van der Waals surface area contributed by atoms with Gasteiger partial charge in [-0.1, -0.05) is 49.3 Å². The van der Waals surface area contributed by atoms with E-state index in [0.717, 1.165) is 65.6 Å². The molecule has 2 fully saturated rings. The highest BCUT2D eigenvalue weighted by molar-refractivity contribution is 5.99. The maximum Gasteiger partial charge on any atom is 0.407 e. The highest BCUT2D eigenvalue weighted by Gasteiger charge is 2.32. The van der Waals surface area contributed by atoms with E-state index in [0.29, 0.717) is 6.04 Å². The van der Waals surface area contributed by atoms with Crippen molar-refractivity contribution in [3.8, 4) is 0 Å². The maximum absolute atomic E-state index is 12.6. The van der Waals surface area contributed by atoms with Crippen molar-refractivity contribution in [3.05, 3.63) is 65.5 Å². The number of carbonyl (C=O) groups is 1. The van der Waals surface area contributed by atoms with E-state index >= 15 is 0 Å². The Balaban J connectivity index is 1.30. The lowest BCUT2D eigenvalue weighted by atomic mass is 9.79. The number of hydrogen-bond acceptors (Lipinski definition) is 6. The molecule has 0 spiro atoms. The van der Waals surface area contributed by atoms with E-state index in [4.69, 9.17) is 9.72 Å². The van der Waals surface area contributed by atoms with Gasteiger partial charge >= 0.3 is 6.09 Å². The quantitative estimate of drug-likeness (QED) is 0.207. The van der Waals surface area contributed by atoms with Gasteiger partial charge in [0.05, 0.1) is 12.8 Å². The molecule has 3 aromatic rings. The summed E-state index contributed by atoms with van der Waals surface area (Å²) < 4.78 is 7.71. The average molecular weight is 532 g/mol. The number of nitrogens with one attached hydrogen (secondary N) is 1. The number of piperidine rings is 1. The summed E-state index contributed by atoms with van der Waals surface area (Å²) in [5.41, 5.74) is 3.45. The number of likely N-dealkylation sites (tertiary alicyclic amines) is 1. The van der Waals surface area contributed by atoms with Crippen molar-refractivity contribution >= 4 is 23.3 Å². The van der Waals surface area contributed by atoms with E-state index in [9.17, 15) is 10.0 Å². The maximum atomic E-state index is 12.6. The van der Waals surface area contributed by atoms with Crippen LogP contribution < -0.4 is 5.32 Å². The zero-order valence-corrected chi connectivity index (χ0v) is 23.1. The number of oxime groups is 1. The third kappa shape index (κ3) is 6.27. The first-order valence-electron chi connectivity index (χ1n) is 14.4. The summed E-state index contributed by atoms with van der Waals surface area (Å²) in [6.45, 7) is 7.30. The lowest BCUT2D eigenvalue weighted by Crippen LogP contribution is -2.44.